The molecule has 1 aliphatic rings. The summed E-state index contributed by atoms with van der Waals surface area (Å²) < 4.78 is 13.8. The lowest BCUT2D eigenvalue weighted by molar-refractivity contribution is -0.142. The summed E-state index contributed by atoms with van der Waals surface area (Å²) in [5.74, 6) is -1.59. The monoisotopic (exact) mass is 239 g/mol. The van der Waals surface area contributed by atoms with E-state index in [2.05, 4.69) is 9.97 Å². The molecule has 2 rings (SSSR count). The molecule has 0 bridgehead atoms. The van der Waals surface area contributed by atoms with Crippen LogP contribution in [0.4, 0.5) is 10.2 Å². The van der Waals surface area contributed by atoms with Gasteiger partial charge in [0.15, 0.2) is 11.6 Å². The molecule has 1 aliphatic heterocycles. The van der Waals surface area contributed by atoms with Crippen molar-refractivity contribution in [2.75, 3.05) is 18.0 Å². The average molecular weight is 239 g/mol. The van der Waals surface area contributed by atoms with E-state index in [1.165, 1.54) is 6.33 Å². The zero-order valence-electron chi connectivity index (χ0n) is 9.72. The highest BCUT2D eigenvalue weighted by molar-refractivity contribution is 5.72. The highest BCUT2D eigenvalue weighted by atomic mass is 19.1. The predicted octanol–water partition coefficient (Wildman–Crippen LogP) is 1.08. The Morgan fingerprint density at radius 2 is 2.24 bits per heavy atom. The molecule has 0 spiro atoms. The van der Waals surface area contributed by atoms with E-state index in [1.807, 2.05) is 6.92 Å². The Balaban J connectivity index is 2.26. The number of halogens is 1. The van der Waals surface area contributed by atoms with Crippen molar-refractivity contribution in [3.63, 3.8) is 0 Å². The van der Waals surface area contributed by atoms with Crippen molar-refractivity contribution in [1.29, 1.82) is 0 Å². The lowest BCUT2D eigenvalue weighted by Gasteiger charge is -2.17. The van der Waals surface area contributed by atoms with E-state index in [9.17, 15) is 9.18 Å². The molecule has 0 amide bonds. The van der Waals surface area contributed by atoms with E-state index in [1.54, 1.807) is 11.8 Å². The van der Waals surface area contributed by atoms with Crippen molar-refractivity contribution in [3.05, 3.63) is 17.8 Å². The molecular weight excluding hydrogens is 225 g/mol. The van der Waals surface area contributed by atoms with Gasteiger partial charge in [-0.3, -0.25) is 4.79 Å². The average Bonchev–Trinajstić information content (AvgIpc) is 2.64. The first-order valence-electron chi connectivity index (χ1n) is 5.45. The number of hydrogen-bond donors (Lipinski definition) is 1. The summed E-state index contributed by atoms with van der Waals surface area (Å²) in [5.41, 5.74) is 0.279. The van der Waals surface area contributed by atoms with Crippen LogP contribution in [0.2, 0.25) is 0 Å². The summed E-state index contributed by atoms with van der Waals surface area (Å²) >= 11 is 0. The molecule has 1 aromatic heterocycles. The Bertz CT molecular complexity index is 452. The van der Waals surface area contributed by atoms with E-state index in [0.29, 0.717) is 13.1 Å². The van der Waals surface area contributed by atoms with Crippen LogP contribution in [-0.2, 0) is 4.79 Å². The molecule has 1 N–H and O–H groups in total. The van der Waals surface area contributed by atoms with Crippen molar-refractivity contribution < 1.29 is 14.3 Å². The molecule has 6 heteroatoms. The third-order valence-electron chi connectivity index (χ3n) is 3.17. The standard InChI is InChI=1S/C11H14FN3O2/c1-6-3-15(4-8(6)11(16)17)10-9(12)7(2)13-5-14-10/h5-6,8H,3-4H2,1-2H3,(H,16,17)/t6-,8-/m1/s1. The number of anilines is 1. The summed E-state index contributed by atoms with van der Waals surface area (Å²) in [5, 5.41) is 9.02. The lowest BCUT2D eigenvalue weighted by Crippen LogP contribution is -2.25. The van der Waals surface area contributed by atoms with Gasteiger partial charge in [-0.2, -0.15) is 0 Å². The zero-order chi connectivity index (χ0) is 12.6. The quantitative estimate of drug-likeness (QED) is 0.836. The molecular formula is C11H14FN3O2. The molecule has 5 nitrogen and oxygen atoms in total. The van der Waals surface area contributed by atoms with Crippen molar-refractivity contribution >= 4 is 11.8 Å². The van der Waals surface area contributed by atoms with Crippen molar-refractivity contribution in [2.45, 2.75) is 13.8 Å². The minimum Gasteiger partial charge on any atom is -0.481 e. The van der Waals surface area contributed by atoms with E-state index in [0.717, 1.165) is 0 Å². The van der Waals surface area contributed by atoms with Crippen LogP contribution in [-0.4, -0.2) is 34.1 Å². The number of hydrogen-bond acceptors (Lipinski definition) is 4. The summed E-state index contributed by atoms with van der Waals surface area (Å²) in [6, 6.07) is 0. The number of nitrogens with zero attached hydrogens (tertiary/aromatic N) is 3. The van der Waals surface area contributed by atoms with Crippen molar-refractivity contribution in [2.24, 2.45) is 11.8 Å². The molecule has 92 valence electrons. The van der Waals surface area contributed by atoms with Gasteiger partial charge in [-0.1, -0.05) is 6.92 Å². The largest absolute Gasteiger partial charge is 0.481 e. The SMILES string of the molecule is Cc1ncnc(N2C[C@@H](C)[C@H](C(=O)O)C2)c1F. The van der Waals surface area contributed by atoms with Crippen LogP contribution in [0.25, 0.3) is 0 Å². The van der Waals surface area contributed by atoms with E-state index >= 15 is 0 Å². The second-order valence-corrected chi connectivity index (χ2v) is 4.42. The number of carboxylic acid groups (broad SMARTS) is 1. The van der Waals surface area contributed by atoms with Crippen LogP contribution in [0.15, 0.2) is 6.33 Å². The molecule has 2 heterocycles. The number of carboxylic acids is 1. The fourth-order valence-corrected chi connectivity index (χ4v) is 2.13. The molecule has 0 unspecified atom stereocenters. The number of aliphatic carboxylic acids is 1. The first kappa shape index (κ1) is 11.8. The van der Waals surface area contributed by atoms with Gasteiger partial charge >= 0.3 is 5.97 Å². The number of aryl methyl sites for hydroxylation is 1. The van der Waals surface area contributed by atoms with Crippen molar-refractivity contribution in [1.82, 2.24) is 9.97 Å². The van der Waals surface area contributed by atoms with Gasteiger partial charge in [0, 0.05) is 13.1 Å². The fraction of sp³-hybridized carbons (Fsp3) is 0.545. The molecule has 0 radical (unpaired) electrons. The molecule has 0 saturated carbocycles. The van der Waals surface area contributed by atoms with Gasteiger partial charge in [0.1, 0.15) is 6.33 Å². The number of aromatic nitrogens is 2. The van der Waals surface area contributed by atoms with Gasteiger partial charge in [-0.05, 0) is 12.8 Å². The van der Waals surface area contributed by atoms with Gasteiger partial charge in [-0.25, -0.2) is 14.4 Å². The molecule has 1 saturated heterocycles. The van der Waals surface area contributed by atoms with Gasteiger partial charge in [0.25, 0.3) is 0 Å². The highest BCUT2D eigenvalue weighted by Gasteiger charge is 2.36. The maximum absolute atomic E-state index is 13.8. The summed E-state index contributed by atoms with van der Waals surface area (Å²) in [7, 11) is 0. The molecule has 0 aromatic carbocycles. The molecule has 17 heavy (non-hydrogen) atoms. The molecule has 0 aliphatic carbocycles. The Labute approximate surface area is 98.3 Å². The van der Waals surface area contributed by atoms with Crippen LogP contribution in [0, 0.1) is 24.6 Å². The number of rotatable bonds is 2. The Hall–Kier alpha value is -1.72. The van der Waals surface area contributed by atoms with Crippen LogP contribution in [0.3, 0.4) is 0 Å². The second-order valence-electron chi connectivity index (χ2n) is 4.42. The van der Waals surface area contributed by atoms with E-state index < -0.39 is 17.7 Å². The van der Waals surface area contributed by atoms with Gasteiger partial charge in [0.2, 0.25) is 0 Å². The highest BCUT2D eigenvalue weighted by Crippen LogP contribution is 2.28. The van der Waals surface area contributed by atoms with Crippen LogP contribution in [0.1, 0.15) is 12.6 Å². The zero-order valence-corrected chi connectivity index (χ0v) is 9.72. The molecule has 1 fully saturated rings. The van der Waals surface area contributed by atoms with Crippen LogP contribution < -0.4 is 4.90 Å². The normalized spacial score (nSPS) is 24.1. The second kappa shape index (κ2) is 4.27. The van der Waals surface area contributed by atoms with Crippen LogP contribution in [0.5, 0.6) is 0 Å². The van der Waals surface area contributed by atoms with Gasteiger partial charge in [-0.15, -0.1) is 0 Å². The first-order chi connectivity index (χ1) is 8.00. The maximum Gasteiger partial charge on any atom is 0.308 e. The maximum atomic E-state index is 13.8. The predicted molar refractivity (Wildman–Crippen MR) is 59.2 cm³/mol. The lowest BCUT2D eigenvalue weighted by atomic mass is 9.99. The molecule has 2 atom stereocenters. The van der Waals surface area contributed by atoms with Gasteiger partial charge < -0.3 is 10.0 Å². The third-order valence-corrected chi connectivity index (χ3v) is 3.17. The summed E-state index contributed by atoms with van der Waals surface area (Å²) in [6.45, 7) is 4.22. The minimum atomic E-state index is -0.841. The topological polar surface area (TPSA) is 66.3 Å². The van der Waals surface area contributed by atoms with E-state index in [-0.39, 0.29) is 17.4 Å². The van der Waals surface area contributed by atoms with E-state index in [4.69, 9.17) is 5.11 Å². The Morgan fingerprint density at radius 3 is 2.82 bits per heavy atom. The van der Waals surface area contributed by atoms with Gasteiger partial charge in [0.05, 0.1) is 11.6 Å². The number of carbonyl (C=O) groups is 1. The Kier molecular flexibility index (Phi) is 2.95. The van der Waals surface area contributed by atoms with Crippen molar-refractivity contribution in [3.8, 4) is 0 Å². The summed E-state index contributed by atoms with van der Waals surface area (Å²) in [6.07, 6.45) is 1.30. The smallest absolute Gasteiger partial charge is 0.308 e. The van der Waals surface area contributed by atoms with Crippen LogP contribution >= 0.6 is 0 Å². The minimum absolute atomic E-state index is 0.0119. The fourth-order valence-electron chi connectivity index (χ4n) is 2.13. The Morgan fingerprint density at radius 1 is 1.53 bits per heavy atom. The third kappa shape index (κ3) is 2.07. The summed E-state index contributed by atoms with van der Waals surface area (Å²) in [4.78, 5) is 20.3. The first-order valence-corrected chi connectivity index (χ1v) is 5.45. The molecule has 1 aromatic rings.